The maximum absolute atomic E-state index is 12.3. The minimum atomic E-state index is -3.57. The van der Waals surface area contributed by atoms with Crippen LogP contribution in [0.1, 0.15) is 26.2 Å². The van der Waals surface area contributed by atoms with Gasteiger partial charge in [0.1, 0.15) is 5.75 Å². The molecule has 0 bridgehead atoms. The van der Waals surface area contributed by atoms with Crippen molar-refractivity contribution in [1.29, 1.82) is 0 Å². The first kappa shape index (κ1) is 16.2. The molecule has 0 N–H and O–H groups in total. The zero-order valence-corrected chi connectivity index (χ0v) is 15.0. The normalized spacial score (nSPS) is 12.4. The molecule has 3 nitrogen and oxygen atoms in total. The zero-order chi connectivity index (χ0) is 17.4. The van der Waals surface area contributed by atoms with Crippen LogP contribution >= 0.6 is 0 Å². The quantitative estimate of drug-likeness (QED) is 0.262. The Labute approximate surface area is 147 Å². The van der Waals surface area contributed by atoms with Gasteiger partial charge in [0.2, 0.25) is 0 Å². The van der Waals surface area contributed by atoms with Gasteiger partial charge in [0.15, 0.2) is 0 Å². The highest BCUT2D eigenvalue weighted by Crippen LogP contribution is 2.38. The summed E-state index contributed by atoms with van der Waals surface area (Å²) in [6.07, 6.45) is 2.50. The fraction of sp³-hybridized carbons (Fsp3) is 0.238. The summed E-state index contributed by atoms with van der Waals surface area (Å²) in [4.78, 5) is 0. The van der Waals surface area contributed by atoms with Crippen LogP contribution in [-0.4, -0.2) is 14.2 Å². The van der Waals surface area contributed by atoms with Gasteiger partial charge in [-0.1, -0.05) is 62.2 Å². The van der Waals surface area contributed by atoms with Crippen LogP contribution in [0.5, 0.6) is 5.75 Å². The summed E-state index contributed by atoms with van der Waals surface area (Å²) in [7, 11) is -3.57. The van der Waals surface area contributed by atoms with Gasteiger partial charge >= 0.3 is 10.1 Å². The molecule has 0 unspecified atom stereocenters. The van der Waals surface area contributed by atoms with Gasteiger partial charge in [-0.2, -0.15) is 8.42 Å². The van der Waals surface area contributed by atoms with Gasteiger partial charge in [-0.05, 0) is 40.1 Å². The molecule has 4 aromatic rings. The Morgan fingerprint density at radius 2 is 1.44 bits per heavy atom. The van der Waals surface area contributed by atoms with Crippen LogP contribution in [0.4, 0.5) is 0 Å². The van der Waals surface area contributed by atoms with E-state index in [4.69, 9.17) is 4.18 Å². The van der Waals surface area contributed by atoms with Crippen LogP contribution in [0.25, 0.3) is 32.3 Å². The van der Waals surface area contributed by atoms with Crippen molar-refractivity contribution in [3.63, 3.8) is 0 Å². The molecule has 0 aliphatic heterocycles. The molecule has 4 rings (SSSR count). The Kier molecular flexibility index (Phi) is 4.00. The predicted molar refractivity (Wildman–Crippen MR) is 104 cm³/mol. The second-order valence-electron chi connectivity index (χ2n) is 6.47. The summed E-state index contributed by atoms with van der Waals surface area (Å²) in [5.41, 5.74) is 0. The van der Waals surface area contributed by atoms with Gasteiger partial charge in [0, 0.05) is 10.8 Å². The van der Waals surface area contributed by atoms with Crippen molar-refractivity contribution in [3.05, 3.63) is 54.6 Å². The number of hydrogen-bond acceptors (Lipinski definition) is 3. The van der Waals surface area contributed by atoms with E-state index in [1.807, 2.05) is 24.3 Å². The Morgan fingerprint density at radius 1 is 0.800 bits per heavy atom. The Hall–Kier alpha value is -2.33. The predicted octanol–water partition coefficient (Wildman–Crippen LogP) is 5.48. The van der Waals surface area contributed by atoms with Crippen molar-refractivity contribution in [2.75, 3.05) is 5.75 Å². The first-order chi connectivity index (χ1) is 12.1. The van der Waals surface area contributed by atoms with E-state index >= 15 is 0 Å². The minimum absolute atomic E-state index is 0.0584. The summed E-state index contributed by atoms with van der Waals surface area (Å²) in [6.45, 7) is 2.05. The molecule has 4 aromatic carbocycles. The van der Waals surface area contributed by atoms with Crippen LogP contribution in [-0.2, 0) is 10.1 Å². The average molecular weight is 352 g/mol. The molecule has 0 heterocycles. The lowest BCUT2D eigenvalue weighted by molar-refractivity contribution is 0.485. The zero-order valence-electron chi connectivity index (χ0n) is 14.2. The number of rotatable bonds is 6. The maximum Gasteiger partial charge on any atom is 0.309 e. The maximum atomic E-state index is 12.3. The third-order valence-corrected chi connectivity index (χ3v) is 5.93. The van der Waals surface area contributed by atoms with Gasteiger partial charge in [0.25, 0.3) is 0 Å². The number of benzene rings is 4. The first-order valence-corrected chi connectivity index (χ1v) is 10.3. The molecule has 0 aliphatic rings. The van der Waals surface area contributed by atoms with Crippen LogP contribution in [0.2, 0.25) is 0 Å². The second kappa shape index (κ2) is 6.19. The van der Waals surface area contributed by atoms with Crippen molar-refractivity contribution in [3.8, 4) is 5.75 Å². The summed E-state index contributed by atoms with van der Waals surface area (Å²) in [5.74, 6) is 0.477. The van der Waals surface area contributed by atoms with E-state index < -0.39 is 10.1 Å². The van der Waals surface area contributed by atoms with Crippen LogP contribution in [0, 0.1) is 0 Å². The highest BCUT2D eigenvalue weighted by Gasteiger charge is 2.17. The van der Waals surface area contributed by atoms with E-state index in [0.717, 1.165) is 45.2 Å². The smallest absolute Gasteiger partial charge is 0.309 e. The summed E-state index contributed by atoms with van der Waals surface area (Å²) >= 11 is 0. The van der Waals surface area contributed by atoms with Crippen LogP contribution in [0.15, 0.2) is 54.6 Å². The van der Waals surface area contributed by atoms with Crippen LogP contribution < -0.4 is 4.18 Å². The molecule has 4 heteroatoms. The van der Waals surface area contributed by atoms with E-state index in [-0.39, 0.29) is 5.75 Å². The van der Waals surface area contributed by atoms with Gasteiger partial charge in [0.05, 0.1) is 5.75 Å². The monoisotopic (exact) mass is 352 g/mol. The highest BCUT2D eigenvalue weighted by molar-refractivity contribution is 7.87. The Bertz CT molecular complexity index is 1130. The number of hydrogen-bond donors (Lipinski definition) is 0. The molecule has 0 saturated carbocycles. The Morgan fingerprint density at radius 3 is 2.16 bits per heavy atom. The molecule has 0 aromatic heterocycles. The molecule has 0 spiro atoms. The lowest BCUT2D eigenvalue weighted by Crippen LogP contribution is -2.14. The van der Waals surface area contributed by atoms with E-state index in [1.54, 1.807) is 6.07 Å². The minimum Gasteiger partial charge on any atom is -0.382 e. The molecular formula is C21H20O3S. The molecule has 0 radical (unpaired) electrons. The summed E-state index contributed by atoms with van der Waals surface area (Å²) < 4.78 is 30.1. The van der Waals surface area contributed by atoms with Crippen LogP contribution in [0.3, 0.4) is 0 Å². The molecule has 0 aliphatic carbocycles. The topological polar surface area (TPSA) is 43.4 Å². The fourth-order valence-electron chi connectivity index (χ4n) is 3.49. The lowest BCUT2D eigenvalue weighted by atomic mass is 9.94. The SMILES string of the molecule is CCCCCS(=O)(=O)Oc1ccc2ccc3cccc4ccc1c2c34. The largest absolute Gasteiger partial charge is 0.382 e. The van der Waals surface area contributed by atoms with Crippen molar-refractivity contribution in [2.24, 2.45) is 0 Å². The van der Waals surface area contributed by atoms with E-state index in [1.165, 1.54) is 0 Å². The van der Waals surface area contributed by atoms with Crippen molar-refractivity contribution < 1.29 is 12.6 Å². The number of unbranched alkanes of at least 4 members (excludes halogenated alkanes) is 2. The summed E-state index contributed by atoms with van der Waals surface area (Å²) in [5, 5.41) is 6.47. The third-order valence-electron chi connectivity index (χ3n) is 4.70. The molecule has 0 fully saturated rings. The highest BCUT2D eigenvalue weighted by atomic mass is 32.2. The molecule has 128 valence electrons. The summed E-state index contributed by atoms with van der Waals surface area (Å²) in [6, 6.07) is 18.1. The van der Waals surface area contributed by atoms with E-state index in [0.29, 0.717) is 12.2 Å². The van der Waals surface area contributed by atoms with Gasteiger partial charge in [-0.3, -0.25) is 0 Å². The molecule has 25 heavy (non-hydrogen) atoms. The molecule has 0 amide bonds. The van der Waals surface area contributed by atoms with Gasteiger partial charge < -0.3 is 4.18 Å². The first-order valence-electron chi connectivity index (χ1n) is 8.68. The van der Waals surface area contributed by atoms with Crippen molar-refractivity contribution >= 4 is 42.4 Å². The fourth-order valence-corrected chi connectivity index (χ4v) is 4.55. The molecular weight excluding hydrogens is 332 g/mol. The van der Waals surface area contributed by atoms with Crippen molar-refractivity contribution in [2.45, 2.75) is 26.2 Å². The second-order valence-corrected chi connectivity index (χ2v) is 8.16. The Balaban J connectivity index is 1.85. The van der Waals surface area contributed by atoms with Crippen molar-refractivity contribution in [1.82, 2.24) is 0 Å². The standard InChI is InChI=1S/C21H20O3S/c1-2-3-4-14-25(22,23)24-19-13-11-17-9-8-15-6-5-7-16-10-12-18(19)21(17)20(15)16/h5-13H,2-4,14H2,1H3. The van der Waals surface area contributed by atoms with E-state index in [2.05, 4.69) is 31.2 Å². The lowest BCUT2D eigenvalue weighted by Gasteiger charge is -2.14. The van der Waals surface area contributed by atoms with Gasteiger partial charge in [-0.25, -0.2) is 0 Å². The van der Waals surface area contributed by atoms with Gasteiger partial charge in [-0.15, -0.1) is 0 Å². The van der Waals surface area contributed by atoms with E-state index in [9.17, 15) is 8.42 Å². The average Bonchev–Trinajstić information content (AvgIpc) is 2.61. The third kappa shape index (κ3) is 2.91. The molecule has 0 saturated heterocycles. The molecule has 0 atom stereocenters.